The van der Waals surface area contributed by atoms with Crippen molar-refractivity contribution < 1.29 is 14.1 Å². The van der Waals surface area contributed by atoms with Gasteiger partial charge in [-0.05, 0) is 56.3 Å². The summed E-state index contributed by atoms with van der Waals surface area (Å²) in [6.45, 7) is 4.44. The SMILES string of the molecule is CC(C)NC(=O)c1ccc(C(=O)[N+]2(C)CC2c2ccc(Cl)c(-c3ccccn3)c2)c(Cl)c1. The molecule has 2 unspecified atom stereocenters. The van der Waals surface area contributed by atoms with Crippen molar-refractivity contribution in [3.05, 3.63) is 87.5 Å². The molecule has 2 heterocycles. The van der Waals surface area contributed by atoms with Crippen molar-refractivity contribution in [3.63, 3.8) is 0 Å². The molecule has 1 aliphatic rings. The van der Waals surface area contributed by atoms with Gasteiger partial charge in [0.25, 0.3) is 5.91 Å². The van der Waals surface area contributed by atoms with Crippen LogP contribution in [0.5, 0.6) is 0 Å². The predicted octanol–water partition coefficient (Wildman–Crippen LogP) is 5.54. The Hall–Kier alpha value is -2.73. The Morgan fingerprint density at radius 3 is 2.50 bits per heavy atom. The quantitative estimate of drug-likeness (QED) is 0.395. The summed E-state index contributed by atoms with van der Waals surface area (Å²) in [5.74, 6) is -0.292. The molecule has 1 fully saturated rings. The Labute approximate surface area is 197 Å². The summed E-state index contributed by atoms with van der Waals surface area (Å²) < 4.78 is 0.209. The molecule has 0 spiro atoms. The maximum absolute atomic E-state index is 13.4. The molecule has 2 aromatic carbocycles. The van der Waals surface area contributed by atoms with E-state index >= 15 is 0 Å². The summed E-state index contributed by atoms with van der Waals surface area (Å²) in [5.41, 5.74) is 3.50. The number of nitrogens with zero attached hydrogens (tertiary/aromatic N) is 2. The van der Waals surface area contributed by atoms with Crippen LogP contribution >= 0.6 is 23.2 Å². The van der Waals surface area contributed by atoms with Gasteiger partial charge >= 0.3 is 5.91 Å². The maximum atomic E-state index is 13.4. The monoisotopic (exact) mass is 468 g/mol. The molecule has 1 aromatic heterocycles. The van der Waals surface area contributed by atoms with E-state index in [1.54, 1.807) is 24.4 Å². The van der Waals surface area contributed by atoms with E-state index in [1.165, 1.54) is 0 Å². The molecule has 0 aliphatic carbocycles. The number of aromatic nitrogens is 1. The van der Waals surface area contributed by atoms with E-state index in [-0.39, 0.29) is 33.4 Å². The highest BCUT2D eigenvalue weighted by Gasteiger charge is 2.58. The molecule has 2 atom stereocenters. The van der Waals surface area contributed by atoms with Crippen LogP contribution in [-0.2, 0) is 0 Å². The molecule has 3 aromatic rings. The van der Waals surface area contributed by atoms with Crippen molar-refractivity contribution in [2.24, 2.45) is 0 Å². The van der Waals surface area contributed by atoms with Gasteiger partial charge in [-0.3, -0.25) is 9.78 Å². The van der Waals surface area contributed by atoms with Crippen LogP contribution in [0.25, 0.3) is 11.3 Å². The molecular formula is C25H24Cl2N3O2+. The van der Waals surface area contributed by atoms with Crippen LogP contribution < -0.4 is 5.32 Å². The van der Waals surface area contributed by atoms with Crippen molar-refractivity contribution in [2.75, 3.05) is 13.6 Å². The summed E-state index contributed by atoms with van der Waals surface area (Å²) in [5, 5.41) is 3.72. The molecule has 0 radical (unpaired) electrons. The second kappa shape index (κ2) is 8.66. The van der Waals surface area contributed by atoms with Gasteiger partial charge < -0.3 is 5.32 Å². The van der Waals surface area contributed by atoms with E-state index in [9.17, 15) is 9.59 Å². The molecule has 1 N–H and O–H groups in total. The average Bonchev–Trinajstić information content (AvgIpc) is 3.46. The van der Waals surface area contributed by atoms with Crippen molar-refractivity contribution in [1.29, 1.82) is 0 Å². The van der Waals surface area contributed by atoms with Crippen molar-refractivity contribution in [2.45, 2.75) is 25.9 Å². The van der Waals surface area contributed by atoms with Crippen molar-refractivity contribution in [3.8, 4) is 11.3 Å². The number of pyridine rings is 1. The van der Waals surface area contributed by atoms with E-state index < -0.39 is 0 Å². The Bertz CT molecular complexity index is 1200. The fraction of sp³-hybridized carbons (Fsp3) is 0.240. The average molecular weight is 469 g/mol. The molecular weight excluding hydrogens is 445 g/mol. The largest absolute Gasteiger partial charge is 0.350 e. The van der Waals surface area contributed by atoms with Crippen LogP contribution in [0.2, 0.25) is 10.0 Å². The van der Waals surface area contributed by atoms with Gasteiger partial charge in [-0.15, -0.1) is 0 Å². The van der Waals surface area contributed by atoms with Crippen LogP contribution in [0, 0.1) is 0 Å². The summed E-state index contributed by atoms with van der Waals surface area (Å²) in [7, 11) is 1.90. The van der Waals surface area contributed by atoms with Crippen LogP contribution in [-0.4, -0.2) is 40.9 Å². The van der Waals surface area contributed by atoms with E-state index in [1.807, 2.05) is 57.3 Å². The van der Waals surface area contributed by atoms with Gasteiger partial charge in [-0.1, -0.05) is 35.3 Å². The molecule has 32 heavy (non-hydrogen) atoms. The Morgan fingerprint density at radius 2 is 1.84 bits per heavy atom. The molecule has 4 rings (SSSR count). The van der Waals surface area contributed by atoms with Gasteiger partial charge in [0.1, 0.15) is 6.54 Å². The lowest BCUT2D eigenvalue weighted by Gasteiger charge is -2.15. The van der Waals surface area contributed by atoms with Crippen LogP contribution in [0.15, 0.2) is 60.8 Å². The summed E-state index contributed by atoms with van der Waals surface area (Å²) in [6, 6.07) is 16.3. The number of hydrogen-bond donors (Lipinski definition) is 1. The smallest absolute Gasteiger partial charge is 0.348 e. The lowest BCUT2D eigenvalue weighted by Crippen LogP contribution is -2.31. The number of nitrogens with one attached hydrogen (secondary N) is 1. The fourth-order valence-electron chi connectivity index (χ4n) is 3.89. The second-order valence-corrected chi connectivity index (χ2v) is 9.36. The first-order valence-corrected chi connectivity index (χ1v) is 11.2. The highest BCUT2D eigenvalue weighted by atomic mass is 35.5. The van der Waals surface area contributed by atoms with Crippen LogP contribution in [0.4, 0.5) is 0 Å². The van der Waals surface area contributed by atoms with Crippen molar-refractivity contribution >= 4 is 35.0 Å². The third-order valence-corrected chi connectivity index (χ3v) is 6.41. The second-order valence-electron chi connectivity index (χ2n) is 8.55. The highest BCUT2D eigenvalue weighted by molar-refractivity contribution is 6.34. The Morgan fingerprint density at radius 1 is 1.06 bits per heavy atom. The molecule has 1 aliphatic heterocycles. The minimum Gasteiger partial charge on any atom is -0.350 e. The first-order chi connectivity index (χ1) is 15.2. The predicted molar refractivity (Wildman–Crippen MR) is 127 cm³/mol. The molecule has 2 amide bonds. The zero-order valence-corrected chi connectivity index (χ0v) is 19.6. The normalized spacial score (nSPS) is 19.6. The zero-order chi connectivity index (χ0) is 23.0. The van der Waals surface area contributed by atoms with Gasteiger partial charge in [-0.2, -0.15) is 0 Å². The number of quaternary nitrogens is 1. The molecule has 5 nitrogen and oxygen atoms in total. The van der Waals surface area contributed by atoms with E-state index in [2.05, 4.69) is 10.3 Å². The Balaban J connectivity index is 1.58. The number of halogens is 2. The minimum atomic E-state index is -0.214. The lowest BCUT2D eigenvalue weighted by molar-refractivity contribution is -0.705. The first kappa shape index (κ1) is 22.5. The van der Waals surface area contributed by atoms with E-state index in [0.717, 1.165) is 16.8 Å². The third kappa shape index (κ3) is 4.29. The number of rotatable bonds is 5. The summed E-state index contributed by atoms with van der Waals surface area (Å²) in [6.07, 6.45) is 1.73. The molecule has 1 saturated heterocycles. The number of carbonyl (C=O) groups is 2. The van der Waals surface area contributed by atoms with Crippen LogP contribution in [0.3, 0.4) is 0 Å². The number of carbonyl (C=O) groups excluding carboxylic acids is 2. The summed E-state index contributed by atoms with van der Waals surface area (Å²) >= 11 is 12.8. The zero-order valence-electron chi connectivity index (χ0n) is 18.1. The molecule has 164 valence electrons. The van der Waals surface area contributed by atoms with Gasteiger partial charge in [0.2, 0.25) is 0 Å². The maximum Gasteiger partial charge on any atom is 0.348 e. The van der Waals surface area contributed by atoms with Crippen LogP contribution in [0.1, 0.15) is 46.2 Å². The van der Waals surface area contributed by atoms with E-state index in [4.69, 9.17) is 23.2 Å². The van der Waals surface area contributed by atoms with Gasteiger partial charge in [0, 0.05) is 34.0 Å². The van der Waals surface area contributed by atoms with Crippen molar-refractivity contribution in [1.82, 2.24) is 10.3 Å². The van der Waals surface area contributed by atoms with Gasteiger partial charge in [0.15, 0.2) is 6.04 Å². The van der Waals surface area contributed by atoms with Gasteiger partial charge in [-0.25, -0.2) is 9.28 Å². The highest BCUT2D eigenvalue weighted by Crippen LogP contribution is 2.46. The third-order valence-electron chi connectivity index (χ3n) is 5.77. The molecule has 0 bridgehead atoms. The van der Waals surface area contributed by atoms with E-state index in [0.29, 0.717) is 22.7 Å². The molecule has 7 heteroatoms. The Kier molecular flexibility index (Phi) is 6.08. The topological polar surface area (TPSA) is 59.1 Å². The minimum absolute atomic E-state index is 0.00205. The summed E-state index contributed by atoms with van der Waals surface area (Å²) in [4.78, 5) is 30.0. The van der Waals surface area contributed by atoms with Gasteiger partial charge in [0.05, 0.1) is 23.3 Å². The number of hydrogen-bond acceptors (Lipinski definition) is 3. The standard InChI is InChI=1S/C25H23Cl2N3O2/c1-15(2)29-24(31)17-7-9-18(21(27)13-17)25(32)30(3)14-23(30)16-8-10-20(26)19(12-16)22-6-4-5-11-28-22/h4-13,15,23H,14H2,1-3H3/p+1. The number of benzene rings is 2. The number of amides is 2. The fourth-order valence-corrected chi connectivity index (χ4v) is 4.37. The number of likely N-dealkylation sites (N-methyl/N-ethyl adjacent to an activating group) is 1. The first-order valence-electron chi connectivity index (χ1n) is 10.4. The lowest BCUT2D eigenvalue weighted by atomic mass is 10.0. The molecule has 0 saturated carbocycles.